The molecule has 0 aliphatic carbocycles. The second-order valence-electron chi connectivity index (χ2n) is 5.12. The van der Waals surface area contributed by atoms with Crippen LogP contribution < -0.4 is 0 Å². The average molecular weight is 233 g/mol. The van der Waals surface area contributed by atoms with Crippen LogP contribution in [0.15, 0.2) is 12.2 Å². The molecule has 1 aliphatic heterocycles. The molecule has 0 spiro atoms. The van der Waals surface area contributed by atoms with Gasteiger partial charge in [-0.2, -0.15) is 0 Å². The summed E-state index contributed by atoms with van der Waals surface area (Å²) < 4.78 is 26.6. The first-order valence-corrected chi connectivity index (χ1v) is 5.17. The van der Waals surface area contributed by atoms with Gasteiger partial charge in [0.05, 0.1) is 6.54 Å². The Balaban J connectivity index is 2.85. The van der Waals surface area contributed by atoms with E-state index >= 15 is 0 Å². The predicted octanol–water partition coefficient (Wildman–Crippen LogP) is 2.14. The fraction of sp³-hybridized carbons (Fsp3) is 0.727. The van der Waals surface area contributed by atoms with E-state index in [0.717, 1.165) is 6.08 Å². The van der Waals surface area contributed by atoms with E-state index in [2.05, 4.69) is 0 Å². The molecule has 0 aromatic carbocycles. The van der Waals surface area contributed by atoms with E-state index in [1.807, 2.05) is 20.8 Å². The Morgan fingerprint density at radius 2 is 2.06 bits per heavy atom. The summed E-state index contributed by atoms with van der Waals surface area (Å²) in [6, 6.07) is -0.508. The molecule has 92 valence electrons. The summed E-state index contributed by atoms with van der Waals surface area (Å²) in [7, 11) is 0. The molecule has 5 heteroatoms. The van der Waals surface area contributed by atoms with Crippen LogP contribution in [-0.2, 0) is 4.79 Å². The quantitative estimate of drug-likeness (QED) is 0.743. The SMILES string of the molecule is CC(C)(C)N1CC(F)(F)CC1/C=C/C(=O)O. The summed E-state index contributed by atoms with van der Waals surface area (Å²) in [5.41, 5.74) is -0.395. The monoisotopic (exact) mass is 233 g/mol. The molecule has 1 N–H and O–H groups in total. The van der Waals surface area contributed by atoms with Gasteiger partial charge in [0.2, 0.25) is 0 Å². The minimum Gasteiger partial charge on any atom is -0.478 e. The molecule has 0 saturated carbocycles. The van der Waals surface area contributed by atoms with Crippen molar-refractivity contribution in [3.63, 3.8) is 0 Å². The number of hydrogen-bond donors (Lipinski definition) is 1. The van der Waals surface area contributed by atoms with E-state index in [1.54, 1.807) is 4.90 Å². The lowest BCUT2D eigenvalue weighted by molar-refractivity contribution is -0.131. The summed E-state index contributed by atoms with van der Waals surface area (Å²) in [5, 5.41) is 8.50. The average Bonchev–Trinajstić information content (AvgIpc) is 2.37. The number of hydrogen-bond acceptors (Lipinski definition) is 2. The van der Waals surface area contributed by atoms with Crippen LogP contribution in [0, 0.1) is 0 Å². The van der Waals surface area contributed by atoms with Gasteiger partial charge in [-0.1, -0.05) is 6.08 Å². The number of carbonyl (C=O) groups is 1. The van der Waals surface area contributed by atoms with Crippen molar-refractivity contribution in [2.24, 2.45) is 0 Å². The Hall–Kier alpha value is -0.970. The zero-order valence-electron chi connectivity index (χ0n) is 9.70. The van der Waals surface area contributed by atoms with Crippen LogP contribution >= 0.6 is 0 Å². The minimum atomic E-state index is -2.74. The Bertz CT molecular complexity index is 308. The summed E-state index contributed by atoms with van der Waals surface area (Å²) in [6.07, 6.45) is 1.97. The highest BCUT2D eigenvalue weighted by Gasteiger charge is 2.47. The Morgan fingerprint density at radius 3 is 2.50 bits per heavy atom. The number of aliphatic carboxylic acids is 1. The van der Waals surface area contributed by atoms with Crippen molar-refractivity contribution in [1.82, 2.24) is 4.90 Å². The van der Waals surface area contributed by atoms with Crippen LogP contribution in [0.1, 0.15) is 27.2 Å². The normalized spacial score (nSPS) is 26.4. The zero-order valence-corrected chi connectivity index (χ0v) is 9.70. The fourth-order valence-electron chi connectivity index (χ4n) is 1.95. The van der Waals surface area contributed by atoms with Gasteiger partial charge in [-0.3, -0.25) is 4.90 Å². The highest BCUT2D eigenvalue weighted by atomic mass is 19.3. The van der Waals surface area contributed by atoms with Crippen molar-refractivity contribution in [2.45, 2.75) is 44.7 Å². The first-order valence-electron chi connectivity index (χ1n) is 5.17. The molecule has 1 unspecified atom stereocenters. The van der Waals surface area contributed by atoms with Crippen molar-refractivity contribution in [2.75, 3.05) is 6.54 Å². The third-order valence-corrected chi connectivity index (χ3v) is 2.63. The standard InChI is InChI=1S/C11H17F2NO2/c1-10(2,3)14-7-11(12,13)6-8(14)4-5-9(15)16/h4-5,8H,6-7H2,1-3H3,(H,15,16)/b5-4+. The summed E-state index contributed by atoms with van der Waals surface area (Å²) >= 11 is 0. The van der Waals surface area contributed by atoms with Gasteiger partial charge in [0.15, 0.2) is 0 Å². The van der Waals surface area contributed by atoms with E-state index in [-0.39, 0.29) is 13.0 Å². The maximum Gasteiger partial charge on any atom is 0.328 e. The number of alkyl halides is 2. The molecule has 1 aliphatic rings. The Labute approximate surface area is 93.7 Å². The van der Waals surface area contributed by atoms with Gasteiger partial charge in [-0.15, -0.1) is 0 Å². The van der Waals surface area contributed by atoms with Crippen molar-refractivity contribution in [3.8, 4) is 0 Å². The van der Waals surface area contributed by atoms with Crippen LogP contribution in [0.25, 0.3) is 0 Å². The molecule has 0 aromatic rings. The van der Waals surface area contributed by atoms with Crippen LogP contribution in [0.5, 0.6) is 0 Å². The van der Waals surface area contributed by atoms with Gasteiger partial charge in [0.25, 0.3) is 5.92 Å². The van der Waals surface area contributed by atoms with Crippen LogP contribution in [0.2, 0.25) is 0 Å². The van der Waals surface area contributed by atoms with Gasteiger partial charge >= 0.3 is 5.97 Å². The van der Waals surface area contributed by atoms with Gasteiger partial charge in [-0.05, 0) is 20.8 Å². The van der Waals surface area contributed by atoms with Gasteiger partial charge in [-0.25, -0.2) is 13.6 Å². The van der Waals surface area contributed by atoms with Crippen LogP contribution in [0.4, 0.5) is 8.78 Å². The van der Waals surface area contributed by atoms with E-state index in [0.29, 0.717) is 0 Å². The highest BCUT2D eigenvalue weighted by molar-refractivity contribution is 5.79. The number of carboxylic acid groups (broad SMARTS) is 1. The first kappa shape index (κ1) is 13.1. The maximum atomic E-state index is 13.3. The lowest BCUT2D eigenvalue weighted by Gasteiger charge is -2.35. The molecule has 1 fully saturated rings. The molecule has 0 amide bonds. The van der Waals surface area contributed by atoms with E-state index in [9.17, 15) is 13.6 Å². The number of rotatable bonds is 2. The molecule has 0 bridgehead atoms. The number of carboxylic acids is 1. The molecule has 1 atom stereocenters. The van der Waals surface area contributed by atoms with Gasteiger partial charge in [0.1, 0.15) is 0 Å². The molecule has 16 heavy (non-hydrogen) atoms. The predicted molar refractivity (Wildman–Crippen MR) is 56.6 cm³/mol. The number of likely N-dealkylation sites (tertiary alicyclic amines) is 1. The summed E-state index contributed by atoms with van der Waals surface area (Å²) in [5.74, 6) is -3.84. The molecule has 0 aromatic heterocycles. The van der Waals surface area contributed by atoms with E-state index < -0.39 is 23.5 Å². The molecule has 3 nitrogen and oxygen atoms in total. The largest absolute Gasteiger partial charge is 0.478 e. The molecular weight excluding hydrogens is 216 g/mol. The van der Waals surface area contributed by atoms with Crippen molar-refractivity contribution in [3.05, 3.63) is 12.2 Å². The van der Waals surface area contributed by atoms with Crippen LogP contribution in [0.3, 0.4) is 0 Å². The minimum absolute atomic E-state index is 0.311. The molecule has 0 radical (unpaired) electrons. The van der Waals surface area contributed by atoms with E-state index in [1.165, 1.54) is 6.08 Å². The summed E-state index contributed by atoms with van der Waals surface area (Å²) in [4.78, 5) is 12.0. The van der Waals surface area contributed by atoms with Crippen molar-refractivity contribution < 1.29 is 18.7 Å². The molecular formula is C11H17F2NO2. The molecule has 1 saturated heterocycles. The van der Waals surface area contributed by atoms with Gasteiger partial charge < -0.3 is 5.11 Å². The molecule has 1 heterocycles. The first-order chi connectivity index (χ1) is 7.12. The fourth-order valence-corrected chi connectivity index (χ4v) is 1.95. The van der Waals surface area contributed by atoms with Gasteiger partial charge in [0, 0.05) is 24.1 Å². The number of nitrogens with zero attached hydrogens (tertiary/aromatic N) is 1. The Kier molecular flexibility index (Phi) is 3.38. The lowest BCUT2D eigenvalue weighted by Crippen LogP contribution is -2.44. The second-order valence-corrected chi connectivity index (χ2v) is 5.12. The maximum absolute atomic E-state index is 13.3. The third kappa shape index (κ3) is 3.27. The topological polar surface area (TPSA) is 40.5 Å². The van der Waals surface area contributed by atoms with Crippen molar-refractivity contribution >= 4 is 5.97 Å². The Morgan fingerprint density at radius 1 is 1.50 bits per heavy atom. The molecule has 1 rings (SSSR count). The van der Waals surface area contributed by atoms with E-state index in [4.69, 9.17) is 5.11 Å². The highest BCUT2D eigenvalue weighted by Crippen LogP contribution is 2.36. The zero-order chi connectivity index (χ0) is 12.6. The lowest BCUT2D eigenvalue weighted by atomic mass is 10.0. The van der Waals surface area contributed by atoms with Crippen molar-refractivity contribution in [1.29, 1.82) is 0 Å². The second kappa shape index (κ2) is 4.13. The smallest absolute Gasteiger partial charge is 0.328 e. The van der Waals surface area contributed by atoms with Crippen LogP contribution in [-0.4, -0.2) is 40.0 Å². The third-order valence-electron chi connectivity index (χ3n) is 2.63. The summed E-state index contributed by atoms with van der Waals surface area (Å²) in [6.45, 7) is 5.22. The number of halogens is 2.